The summed E-state index contributed by atoms with van der Waals surface area (Å²) in [6.07, 6.45) is 1.03. The quantitative estimate of drug-likeness (QED) is 0.787. The third-order valence-electron chi connectivity index (χ3n) is 3.68. The monoisotopic (exact) mass is 271 g/mol. The van der Waals surface area contributed by atoms with E-state index < -0.39 is 0 Å². The zero-order chi connectivity index (χ0) is 14.5. The number of rotatable bonds is 6. The maximum absolute atomic E-state index is 6.10. The van der Waals surface area contributed by atoms with Gasteiger partial charge in [-0.2, -0.15) is 0 Å². The second-order valence-electron chi connectivity index (χ2n) is 5.46. The molecule has 0 saturated heterocycles. The van der Waals surface area contributed by atoms with E-state index in [-0.39, 0.29) is 0 Å². The van der Waals surface area contributed by atoms with E-state index in [2.05, 4.69) is 69.4 Å². The second kappa shape index (κ2) is 6.76. The minimum atomic E-state index is 0.306. The molecule has 0 spiro atoms. The molecule has 2 rings (SSSR count). The summed E-state index contributed by atoms with van der Waals surface area (Å²) in [6, 6.07) is 13.0. The van der Waals surface area contributed by atoms with Crippen molar-refractivity contribution in [3.63, 3.8) is 0 Å². The molecule has 108 valence electrons. The van der Waals surface area contributed by atoms with Crippen LogP contribution in [0.25, 0.3) is 11.3 Å². The molecule has 1 aromatic carbocycles. The molecule has 1 N–H and O–H groups in total. The van der Waals surface area contributed by atoms with Crippen molar-refractivity contribution in [3.05, 3.63) is 47.7 Å². The van der Waals surface area contributed by atoms with Crippen LogP contribution < -0.4 is 5.32 Å². The minimum absolute atomic E-state index is 0.306. The van der Waals surface area contributed by atoms with Crippen molar-refractivity contribution in [1.29, 1.82) is 0 Å². The molecule has 1 aromatic heterocycles. The maximum Gasteiger partial charge on any atom is 0.134 e. The molecule has 2 nitrogen and oxygen atoms in total. The fourth-order valence-corrected chi connectivity index (χ4v) is 2.60. The van der Waals surface area contributed by atoms with Crippen LogP contribution in [-0.4, -0.2) is 6.54 Å². The van der Waals surface area contributed by atoms with Crippen LogP contribution in [0.3, 0.4) is 0 Å². The molecule has 2 heteroatoms. The molecule has 0 bridgehead atoms. The van der Waals surface area contributed by atoms with Crippen molar-refractivity contribution in [1.82, 2.24) is 5.32 Å². The van der Waals surface area contributed by atoms with Gasteiger partial charge in [-0.3, -0.25) is 0 Å². The van der Waals surface area contributed by atoms with Gasteiger partial charge in [0.1, 0.15) is 11.5 Å². The van der Waals surface area contributed by atoms with E-state index in [0.29, 0.717) is 12.0 Å². The smallest absolute Gasteiger partial charge is 0.134 e. The van der Waals surface area contributed by atoms with Gasteiger partial charge in [-0.15, -0.1) is 0 Å². The van der Waals surface area contributed by atoms with E-state index in [1.54, 1.807) is 0 Å². The van der Waals surface area contributed by atoms with Crippen molar-refractivity contribution < 1.29 is 4.42 Å². The van der Waals surface area contributed by atoms with Crippen molar-refractivity contribution in [2.24, 2.45) is 0 Å². The van der Waals surface area contributed by atoms with Gasteiger partial charge in [0.15, 0.2) is 0 Å². The number of hydrogen-bond donors (Lipinski definition) is 1. The lowest BCUT2D eigenvalue weighted by Crippen LogP contribution is -2.19. The van der Waals surface area contributed by atoms with Crippen molar-refractivity contribution >= 4 is 0 Å². The number of hydrogen-bond acceptors (Lipinski definition) is 2. The second-order valence-corrected chi connectivity index (χ2v) is 5.46. The highest BCUT2D eigenvalue weighted by Crippen LogP contribution is 2.32. The average Bonchev–Trinajstić information content (AvgIpc) is 2.94. The first-order valence-corrected chi connectivity index (χ1v) is 7.59. The molecule has 1 atom stereocenters. The van der Waals surface area contributed by atoms with Crippen molar-refractivity contribution in [2.45, 2.75) is 46.1 Å². The molecule has 20 heavy (non-hydrogen) atoms. The van der Waals surface area contributed by atoms with E-state index in [0.717, 1.165) is 24.5 Å². The zero-order valence-corrected chi connectivity index (χ0v) is 12.9. The molecule has 0 fully saturated rings. The normalized spacial score (nSPS) is 12.8. The summed E-state index contributed by atoms with van der Waals surface area (Å²) in [7, 11) is 0. The molecule has 0 aliphatic carbocycles. The molecule has 0 aliphatic rings. The molecule has 0 aliphatic heterocycles. The SMILES string of the molecule is CCNC(CC)c1ccc(-c2ccccc2C(C)C)o1. The zero-order valence-electron chi connectivity index (χ0n) is 12.9. The van der Waals surface area contributed by atoms with E-state index in [4.69, 9.17) is 4.42 Å². The van der Waals surface area contributed by atoms with Gasteiger partial charge in [0.05, 0.1) is 6.04 Å². The number of furan rings is 1. The van der Waals surface area contributed by atoms with E-state index >= 15 is 0 Å². The topological polar surface area (TPSA) is 25.2 Å². The molecule has 1 heterocycles. The third-order valence-corrected chi connectivity index (χ3v) is 3.68. The first-order valence-electron chi connectivity index (χ1n) is 7.59. The average molecular weight is 271 g/mol. The summed E-state index contributed by atoms with van der Waals surface area (Å²) in [5, 5.41) is 3.46. The summed E-state index contributed by atoms with van der Waals surface area (Å²) in [6.45, 7) is 9.70. The van der Waals surface area contributed by atoms with E-state index in [9.17, 15) is 0 Å². The van der Waals surface area contributed by atoms with Crippen molar-refractivity contribution in [3.8, 4) is 11.3 Å². The van der Waals surface area contributed by atoms with E-state index in [1.165, 1.54) is 11.1 Å². The van der Waals surface area contributed by atoms with Gasteiger partial charge in [0, 0.05) is 5.56 Å². The molecule has 0 radical (unpaired) electrons. The van der Waals surface area contributed by atoms with Gasteiger partial charge in [0.25, 0.3) is 0 Å². The van der Waals surface area contributed by atoms with Crippen LogP contribution in [0.15, 0.2) is 40.8 Å². The first kappa shape index (κ1) is 14.9. The maximum atomic E-state index is 6.10. The summed E-state index contributed by atoms with van der Waals surface area (Å²) in [5.41, 5.74) is 2.55. The summed E-state index contributed by atoms with van der Waals surface area (Å²) in [5.74, 6) is 2.50. The fraction of sp³-hybridized carbons (Fsp3) is 0.444. The Morgan fingerprint density at radius 1 is 1.05 bits per heavy atom. The highest BCUT2D eigenvalue weighted by Gasteiger charge is 2.15. The molecule has 0 saturated carbocycles. The molecule has 0 amide bonds. The largest absolute Gasteiger partial charge is 0.459 e. The predicted molar refractivity (Wildman–Crippen MR) is 84.9 cm³/mol. The summed E-state index contributed by atoms with van der Waals surface area (Å²) < 4.78 is 6.10. The Bertz CT molecular complexity index is 542. The van der Waals surface area contributed by atoms with Crippen molar-refractivity contribution in [2.75, 3.05) is 6.54 Å². The molecule has 1 unspecified atom stereocenters. The standard InChI is InChI=1S/C18H25NO/c1-5-16(19-6-2)18-12-11-17(20-18)15-10-8-7-9-14(15)13(3)4/h7-13,16,19H,5-6H2,1-4H3. The van der Waals surface area contributed by atoms with Gasteiger partial charge in [0.2, 0.25) is 0 Å². The van der Waals surface area contributed by atoms with Crippen LogP contribution >= 0.6 is 0 Å². The molecular weight excluding hydrogens is 246 g/mol. The van der Waals surface area contributed by atoms with Gasteiger partial charge in [-0.05, 0) is 36.6 Å². The first-order chi connectivity index (χ1) is 9.67. The van der Waals surface area contributed by atoms with Crippen LogP contribution in [0, 0.1) is 0 Å². The molecular formula is C18H25NO. The Labute approximate surface area is 122 Å². The Hall–Kier alpha value is -1.54. The van der Waals surface area contributed by atoms with Crippen LogP contribution in [-0.2, 0) is 0 Å². The Morgan fingerprint density at radius 3 is 2.45 bits per heavy atom. The van der Waals surface area contributed by atoms with Crippen LogP contribution in [0.5, 0.6) is 0 Å². The fourth-order valence-electron chi connectivity index (χ4n) is 2.60. The summed E-state index contributed by atoms with van der Waals surface area (Å²) >= 11 is 0. The predicted octanol–water partition coefficient (Wildman–Crippen LogP) is 5.13. The van der Waals surface area contributed by atoms with Crippen LogP contribution in [0.2, 0.25) is 0 Å². The van der Waals surface area contributed by atoms with Gasteiger partial charge in [-0.25, -0.2) is 0 Å². The lowest BCUT2D eigenvalue weighted by Gasteiger charge is -2.13. The third kappa shape index (κ3) is 3.13. The number of nitrogens with one attached hydrogen (secondary N) is 1. The lowest BCUT2D eigenvalue weighted by molar-refractivity contribution is 0.417. The van der Waals surface area contributed by atoms with E-state index in [1.807, 2.05) is 0 Å². The summed E-state index contributed by atoms with van der Waals surface area (Å²) in [4.78, 5) is 0. The minimum Gasteiger partial charge on any atom is -0.459 e. The van der Waals surface area contributed by atoms with Gasteiger partial charge < -0.3 is 9.73 Å². The molecule has 2 aromatic rings. The van der Waals surface area contributed by atoms with Gasteiger partial charge in [-0.1, -0.05) is 52.0 Å². The highest BCUT2D eigenvalue weighted by molar-refractivity contribution is 5.63. The Morgan fingerprint density at radius 2 is 1.80 bits per heavy atom. The Balaban J connectivity index is 2.33. The van der Waals surface area contributed by atoms with Crippen LogP contribution in [0.4, 0.5) is 0 Å². The van der Waals surface area contributed by atoms with Crippen LogP contribution in [0.1, 0.15) is 57.4 Å². The highest BCUT2D eigenvalue weighted by atomic mass is 16.3. The Kier molecular flexibility index (Phi) is 5.02. The van der Waals surface area contributed by atoms with Gasteiger partial charge >= 0.3 is 0 Å². The lowest BCUT2D eigenvalue weighted by atomic mass is 9.96. The number of benzene rings is 1.